The SMILES string of the molecule is COc1cccc(Oc2ncccc2CNC(=O)C2CC3CCCC(C2)C3N)c1.Cl.Cl. The van der Waals surface area contributed by atoms with E-state index in [9.17, 15) is 4.79 Å². The number of nitrogens with zero attached hydrogens (tertiary/aromatic N) is 1. The second-order valence-corrected chi connectivity index (χ2v) is 8.16. The molecule has 6 nitrogen and oxygen atoms in total. The number of nitrogens with two attached hydrogens (primary N) is 1. The first-order valence-corrected chi connectivity index (χ1v) is 10.4. The van der Waals surface area contributed by atoms with Crippen molar-refractivity contribution in [3.8, 4) is 17.4 Å². The Kier molecular flexibility index (Phi) is 9.41. The molecule has 2 unspecified atom stereocenters. The third-order valence-corrected chi connectivity index (χ3v) is 6.34. The van der Waals surface area contributed by atoms with Gasteiger partial charge in [-0.3, -0.25) is 4.79 Å². The lowest BCUT2D eigenvalue weighted by molar-refractivity contribution is -0.128. The Morgan fingerprint density at radius 1 is 1.13 bits per heavy atom. The summed E-state index contributed by atoms with van der Waals surface area (Å²) in [5, 5.41) is 3.10. The van der Waals surface area contributed by atoms with Crippen LogP contribution in [0.25, 0.3) is 0 Å². The number of nitrogens with one attached hydrogen (secondary N) is 1. The summed E-state index contributed by atoms with van der Waals surface area (Å²) in [6.07, 6.45) is 7.06. The molecule has 2 aromatic rings. The zero-order valence-corrected chi connectivity index (χ0v) is 19.3. The fourth-order valence-corrected chi connectivity index (χ4v) is 4.76. The molecule has 0 aliphatic heterocycles. The Bertz CT molecular complexity index is 853. The molecule has 2 fully saturated rings. The van der Waals surface area contributed by atoms with Gasteiger partial charge in [-0.05, 0) is 55.7 Å². The molecule has 1 amide bonds. The summed E-state index contributed by atoms with van der Waals surface area (Å²) in [5.41, 5.74) is 7.20. The zero-order valence-electron chi connectivity index (χ0n) is 17.7. The van der Waals surface area contributed by atoms with Gasteiger partial charge >= 0.3 is 0 Å². The monoisotopic (exact) mass is 467 g/mol. The lowest BCUT2D eigenvalue weighted by Crippen LogP contribution is -2.49. The highest BCUT2D eigenvalue weighted by molar-refractivity contribution is 5.85. The van der Waals surface area contributed by atoms with E-state index in [1.807, 2.05) is 30.3 Å². The van der Waals surface area contributed by atoms with E-state index in [1.54, 1.807) is 19.4 Å². The highest BCUT2D eigenvalue weighted by Crippen LogP contribution is 2.42. The molecule has 2 atom stereocenters. The third kappa shape index (κ3) is 6.03. The number of fused-ring (bicyclic) bond motifs is 2. The lowest BCUT2D eigenvalue weighted by Gasteiger charge is -2.43. The largest absolute Gasteiger partial charge is 0.497 e. The molecule has 0 radical (unpaired) electrons. The molecule has 1 heterocycles. The molecule has 170 valence electrons. The van der Waals surface area contributed by atoms with E-state index in [1.165, 1.54) is 6.42 Å². The van der Waals surface area contributed by atoms with Gasteiger partial charge in [0.2, 0.25) is 11.8 Å². The standard InChI is InChI=1S/C23H29N3O3.2ClH/c1-28-19-8-3-9-20(13-19)29-23-17(7-4-10-25-23)14-26-22(27)18-11-15-5-2-6-16(12-18)21(15)24;;/h3-4,7-10,13,15-16,18,21H,2,5-6,11-12,14,24H2,1H3,(H,26,27);2*1H. The van der Waals surface area contributed by atoms with E-state index in [0.717, 1.165) is 31.2 Å². The van der Waals surface area contributed by atoms with E-state index in [-0.39, 0.29) is 42.7 Å². The van der Waals surface area contributed by atoms with Crippen LogP contribution in [0.15, 0.2) is 42.6 Å². The maximum Gasteiger partial charge on any atom is 0.224 e. The van der Waals surface area contributed by atoms with Crippen molar-refractivity contribution < 1.29 is 14.3 Å². The Hall–Kier alpha value is -2.02. The molecule has 2 bridgehead atoms. The van der Waals surface area contributed by atoms with Gasteiger partial charge < -0.3 is 20.5 Å². The van der Waals surface area contributed by atoms with Gasteiger partial charge in [0.25, 0.3) is 0 Å². The molecule has 31 heavy (non-hydrogen) atoms. The summed E-state index contributed by atoms with van der Waals surface area (Å²) < 4.78 is 11.2. The minimum absolute atomic E-state index is 0. The minimum Gasteiger partial charge on any atom is -0.497 e. The molecule has 8 heteroatoms. The van der Waals surface area contributed by atoms with Crippen LogP contribution in [0.4, 0.5) is 0 Å². The zero-order chi connectivity index (χ0) is 20.2. The first-order chi connectivity index (χ1) is 14.1. The average molecular weight is 468 g/mol. The van der Waals surface area contributed by atoms with Gasteiger partial charge in [-0.15, -0.1) is 24.8 Å². The van der Waals surface area contributed by atoms with Gasteiger partial charge in [-0.1, -0.05) is 18.6 Å². The Morgan fingerprint density at radius 2 is 1.84 bits per heavy atom. The van der Waals surface area contributed by atoms with Crippen LogP contribution in [0, 0.1) is 17.8 Å². The molecular formula is C23H31Cl2N3O3. The fraction of sp³-hybridized carbons (Fsp3) is 0.478. The van der Waals surface area contributed by atoms with Crippen LogP contribution >= 0.6 is 24.8 Å². The molecule has 3 N–H and O–H groups in total. The maximum atomic E-state index is 12.8. The Morgan fingerprint density at radius 3 is 2.55 bits per heavy atom. The predicted octanol–water partition coefficient (Wildman–Crippen LogP) is 4.50. The Labute approximate surface area is 196 Å². The van der Waals surface area contributed by atoms with Crippen molar-refractivity contribution in [3.05, 3.63) is 48.2 Å². The first-order valence-electron chi connectivity index (χ1n) is 10.4. The quantitative estimate of drug-likeness (QED) is 0.652. The van der Waals surface area contributed by atoms with Crippen LogP contribution in [-0.4, -0.2) is 24.0 Å². The number of halogens is 2. The number of benzene rings is 1. The number of ether oxygens (including phenoxy) is 2. The van der Waals surface area contributed by atoms with Crippen LogP contribution in [0.5, 0.6) is 17.4 Å². The van der Waals surface area contributed by atoms with Gasteiger partial charge in [-0.25, -0.2) is 4.98 Å². The summed E-state index contributed by atoms with van der Waals surface area (Å²) >= 11 is 0. The smallest absolute Gasteiger partial charge is 0.224 e. The number of aromatic nitrogens is 1. The number of amides is 1. The van der Waals surface area contributed by atoms with Crippen LogP contribution in [-0.2, 0) is 11.3 Å². The number of carbonyl (C=O) groups excluding carboxylic acids is 1. The van der Waals surface area contributed by atoms with Gasteiger partial charge in [0, 0.05) is 36.3 Å². The van der Waals surface area contributed by atoms with E-state index in [4.69, 9.17) is 15.2 Å². The highest BCUT2D eigenvalue weighted by atomic mass is 35.5. The van der Waals surface area contributed by atoms with Crippen molar-refractivity contribution in [2.75, 3.05) is 7.11 Å². The number of hydrogen-bond acceptors (Lipinski definition) is 5. The maximum absolute atomic E-state index is 12.8. The topological polar surface area (TPSA) is 86.5 Å². The molecule has 2 aliphatic rings. The van der Waals surface area contributed by atoms with E-state index < -0.39 is 0 Å². The summed E-state index contributed by atoms with van der Waals surface area (Å²) in [5.74, 6) is 3.00. The summed E-state index contributed by atoms with van der Waals surface area (Å²) in [6, 6.07) is 11.4. The predicted molar refractivity (Wildman–Crippen MR) is 125 cm³/mol. The number of pyridine rings is 1. The number of hydrogen-bond donors (Lipinski definition) is 2. The molecule has 1 aromatic heterocycles. The van der Waals surface area contributed by atoms with E-state index in [0.29, 0.717) is 35.8 Å². The van der Waals surface area contributed by atoms with Crippen LogP contribution in [0.1, 0.15) is 37.7 Å². The number of methoxy groups -OCH3 is 1. The normalized spacial score (nSPS) is 24.2. The van der Waals surface area contributed by atoms with Crippen molar-refractivity contribution in [2.24, 2.45) is 23.5 Å². The van der Waals surface area contributed by atoms with Crippen LogP contribution < -0.4 is 20.5 Å². The van der Waals surface area contributed by atoms with Crippen molar-refractivity contribution >= 4 is 30.7 Å². The molecule has 4 rings (SSSR count). The van der Waals surface area contributed by atoms with Gasteiger partial charge in [0.15, 0.2) is 0 Å². The van der Waals surface area contributed by atoms with E-state index >= 15 is 0 Å². The van der Waals surface area contributed by atoms with Crippen LogP contribution in [0.2, 0.25) is 0 Å². The van der Waals surface area contributed by atoms with E-state index in [2.05, 4.69) is 10.3 Å². The second-order valence-electron chi connectivity index (χ2n) is 8.16. The molecule has 1 aromatic carbocycles. The fourth-order valence-electron chi connectivity index (χ4n) is 4.76. The van der Waals surface area contributed by atoms with Crippen molar-refractivity contribution in [3.63, 3.8) is 0 Å². The van der Waals surface area contributed by atoms with Crippen molar-refractivity contribution in [2.45, 2.75) is 44.7 Å². The van der Waals surface area contributed by atoms with Crippen LogP contribution in [0.3, 0.4) is 0 Å². The molecular weight excluding hydrogens is 437 g/mol. The number of carbonyl (C=O) groups is 1. The molecule has 0 spiro atoms. The minimum atomic E-state index is 0. The first kappa shape index (κ1) is 25.2. The molecule has 2 saturated carbocycles. The summed E-state index contributed by atoms with van der Waals surface area (Å²) in [4.78, 5) is 17.2. The average Bonchev–Trinajstić information content (AvgIpc) is 2.73. The molecule has 0 saturated heterocycles. The molecule has 2 aliphatic carbocycles. The summed E-state index contributed by atoms with van der Waals surface area (Å²) in [7, 11) is 1.62. The van der Waals surface area contributed by atoms with Crippen molar-refractivity contribution in [1.82, 2.24) is 10.3 Å². The summed E-state index contributed by atoms with van der Waals surface area (Å²) in [6.45, 7) is 0.393. The highest BCUT2D eigenvalue weighted by Gasteiger charge is 2.40. The third-order valence-electron chi connectivity index (χ3n) is 6.34. The van der Waals surface area contributed by atoms with Gasteiger partial charge in [0.1, 0.15) is 11.5 Å². The Balaban J connectivity index is 0.00000171. The van der Waals surface area contributed by atoms with Gasteiger partial charge in [-0.2, -0.15) is 0 Å². The van der Waals surface area contributed by atoms with Crippen molar-refractivity contribution in [1.29, 1.82) is 0 Å². The second kappa shape index (κ2) is 11.6. The van der Waals surface area contributed by atoms with Gasteiger partial charge in [0.05, 0.1) is 7.11 Å². The lowest BCUT2D eigenvalue weighted by atomic mass is 9.65. The number of rotatable bonds is 6.